The fraction of sp³-hybridized carbons (Fsp3) is 0.344. The minimum absolute atomic E-state index is 0.157. The van der Waals surface area contributed by atoms with Crippen LogP contribution in [0.1, 0.15) is 69.4 Å². The lowest BCUT2D eigenvalue weighted by molar-refractivity contribution is 0.0696. The molecule has 2 aliphatic rings. The van der Waals surface area contributed by atoms with Gasteiger partial charge in [0.2, 0.25) is 0 Å². The summed E-state index contributed by atoms with van der Waals surface area (Å²) in [5.41, 5.74) is 4.74. The Morgan fingerprint density at radius 2 is 1.77 bits per heavy atom. The second kappa shape index (κ2) is 11.7. The van der Waals surface area contributed by atoms with Crippen LogP contribution in [0, 0.1) is 11.7 Å². The predicted octanol–water partition coefficient (Wildman–Crippen LogP) is 7.59. The van der Waals surface area contributed by atoms with E-state index in [1.807, 2.05) is 24.3 Å². The number of aromatic carboxylic acids is 1. The number of benzene rings is 3. The van der Waals surface area contributed by atoms with Crippen LogP contribution in [0.15, 0.2) is 60.7 Å². The van der Waals surface area contributed by atoms with Crippen LogP contribution < -0.4 is 0 Å². The Bertz CT molecular complexity index is 1380. The van der Waals surface area contributed by atoms with E-state index in [0.717, 1.165) is 59.9 Å². The van der Waals surface area contributed by atoms with Crippen molar-refractivity contribution in [2.45, 2.75) is 38.5 Å². The minimum atomic E-state index is -2.93. The Morgan fingerprint density at radius 1 is 1.00 bits per heavy atom. The second-order valence-electron chi connectivity index (χ2n) is 10.5. The van der Waals surface area contributed by atoms with Crippen LogP contribution in [-0.2, 0) is 12.8 Å². The topological polar surface area (TPSA) is 40.5 Å². The second-order valence-corrected chi connectivity index (χ2v) is 10.5. The quantitative estimate of drug-likeness (QED) is 0.286. The van der Waals surface area contributed by atoms with Gasteiger partial charge in [0.25, 0.3) is 6.43 Å². The lowest BCUT2D eigenvalue weighted by atomic mass is 9.85. The molecule has 0 radical (unpaired) electrons. The molecule has 0 saturated carbocycles. The molecular formula is C32H31F4NO2. The van der Waals surface area contributed by atoms with E-state index < -0.39 is 23.8 Å². The lowest BCUT2D eigenvalue weighted by Crippen LogP contribution is -2.47. The van der Waals surface area contributed by atoms with E-state index >= 15 is 4.39 Å². The number of carboxylic acids is 1. The van der Waals surface area contributed by atoms with E-state index in [1.54, 1.807) is 18.2 Å². The third-order valence-electron chi connectivity index (χ3n) is 7.79. The molecule has 0 spiro atoms. The van der Waals surface area contributed by atoms with Gasteiger partial charge in [-0.1, -0.05) is 48.5 Å². The maximum Gasteiger partial charge on any atom is 0.335 e. The van der Waals surface area contributed by atoms with Gasteiger partial charge in [-0.15, -0.1) is 0 Å². The van der Waals surface area contributed by atoms with Gasteiger partial charge in [0.1, 0.15) is 5.82 Å². The number of hydrogen-bond donors (Lipinski definition) is 1. The van der Waals surface area contributed by atoms with E-state index in [9.17, 15) is 23.1 Å². The van der Waals surface area contributed by atoms with Crippen molar-refractivity contribution in [1.82, 2.24) is 4.90 Å². The molecule has 3 aromatic rings. The van der Waals surface area contributed by atoms with Crippen molar-refractivity contribution < 1.29 is 27.5 Å². The number of nitrogens with zero attached hydrogens (tertiary/aromatic N) is 1. The van der Waals surface area contributed by atoms with Gasteiger partial charge in [0.05, 0.1) is 17.8 Å². The summed E-state index contributed by atoms with van der Waals surface area (Å²) in [6.45, 7) is 2.40. The molecule has 0 atom stereocenters. The number of carboxylic acid groups (broad SMARTS) is 1. The molecule has 1 N–H and O–H groups in total. The van der Waals surface area contributed by atoms with Crippen molar-refractivity contribution in [2.24, 2.45) is 5.92 Å². The summed E-state index contributed by atoms with van der Waals surface area (Å²) in [6.07, 6.45) is 0.236. The minimum Gasteiger partial charge on any atom is -0.478 e. The number of halogens is 4. The summed E-state index contributed by atoms with van der Waals surface area (Å²) < 4.78 is 55.0. The molecule has 1 saturated heterocycles. The number of hydrogen-bond acceptors (Lipinski definition) is 2. The molecule has 204 valence electrons. The average Bonchev–Trinajstić information content (AvgIpc) is 3.09. The van der Waals surface area contributed by atoms with E-state index in [2.05, 4.69) is 4.90 Å². The largest absolute Gasteiger partial charge is 0.478 e. The lowest BCUT2D eigenvalue weighted by Gasteiger charge is -2.39. The molecule has 3 aromatic carbocycles. The third kappa shape index (κ3) is 5.78. The smallest absolute Gasteiger partial charge is 0.335 e. The van der Waals surface area contributed by atoms with Crippen molar-refractivity contribution >= 4 is 17.1 Å². The number of allylic oxidation sites excluding steroid dienone is 1. The summed E-state index contributed by atoms with van der Waals surface area (Å²) in [5.74, 6) is -1.42. The Kier molecular flexibility index (Phi) is 8.17. The number of alkyl halides is 3. The average molecular weight is 538 g/mol. The zero-order valence-electron chi connectivity index (χ0n) is 21.6. The van der Waals surface area contributed by atoms with Gasteiger partial charge in [0, 0.05) is 25.2 Å². The monoisotopic (exact) mass is 537 g/mol. The van der Waals surface area contributed by atoms with Crippen molar-refractivity contribution in [3.63, 3.8) is 0 Å². The zero-order chi connectivity index (χ0) is 27.5. The molecule has 1 heterocycles. The van der Waals surface area contributed by atoms with E-state index in [1.165, 1.54) is 12.1 Å². The van der Waals surface area contributed by atoms with Crippen LogP contribution in [-0.4, -0.2) is 42.3 Å². The summed E-state index contributed by atoms with van der Waals surface area (Å²) in [6, 6.07) is 17.1. The zero-order valence-corrected chi connectivity index (χ0v) is 21.6. The van der Waals surface area contributed by atoms with Gasteiger partial charge < -0.3 is 10.0 Å². The van der Waals surface area contributed by atoms with Gasteiger partial charge in [-0.05, 0) is 83.6 Å². The fourth-order valence-corrected chi connectivity index (χ4v) is 5.88. The molecule has 7 heteroatoms. The Labute approximate surface area is 225 Å². The first-order valence-corrected chi connectivity index (χ1v) is 13.4. The Morgan fingerprint density at radius 3 is 2.46 bits per heavy atom. The summed E-state index contributed by atoms with van der Waals surface area (Å²) in [4.78, 5) is 13.9. The van der Waals surface area contributed by atoms with Crippen molar-refractivity contribution in [1.29, 1.82) is 0 Å². The first kappa shape index (κ1) is 27.1. The highest BCUT2D eigenvalue weighted by atomic mass is 19.3. The van der Waals surface area contributed by atoms with Crippen LogP contribution >= 0.6 is 0 Å². The van der Waals surface area contributed by atoms with E-state index in [4.69, 9.17) is 0 Å². The predicted molar refractivity (Wildman–Crippen MR) is 144 cm³/mol. The third-order valence-corrected chi connectivity index (χ3v) is 7.79. The van der Waals surface area contributed by atoms with Crippen LogP contribution in [0.4, 0.5) is 17.6 Å². The maximum absolute atomic E-state index is 15.4. The van der Waals surface area contributed by atoms with Gasteiger partial charge in [0.15, 0.2) is 0 Å². The highest BCUT2D eigenvalue weighted by Gasteiger charge is 2.27. The van der Waals surface area contributed by atoms with Gasteiger partial charge in [-0.2, -0.15) is 0 Å². The maximum atomic E-state index is 15.4. The van der Waals surface area contributed by atoms with Crippen LogP contribution in [0.3, 0.4) is 0 Å². The molecule has 1 fully saturated rings. The van der Waals surface area contributed by atoms with Crippen LogP contribution in [0.25, 0.3) is 11.1 Å². The highest BCUT2D eigenvalue weighted by molar-refractivity contribution is 6.00. The molecular weight excluding hydrogens is 506 g/mol. The van der Waals surface area contributed by atoms with E-state index in [-0.39, 0.29) is 17.8 Å². The highest BCUT2D eigenvalue weighted by Crippen LogP contribution is 2.42. The summed E-state index contributed by atoms with van der Waals surface area (Å²) in [7, 11) is 0. The molecule has 3 nitrogen and oxygen atoms in total. The number of rotatable bonds is 9. The molecule has 1 aliphatic heterocycles. The Hall–Kier alpha value is -3.45. The first-order chi connectivity index (χ1) is 18.9. The van der Waals surface area contributed by atoms with Gasteiger partial charge in [-0.3, -0.25) is 4.39 Å². The SMILES string of the molecule is O=C(O)c1ccc2c(c1)CCCC(c1cccc(C(F)F)c1F)=C2c1ccc(CC2CN(CCCF)C2)cc1. The molecule has 0 aromatic heterocycles. The van der Waals surface area contributed by atoms with Crippen LogP contribution in [0.5, 0.6) is 0 Å². The molecule has 0 bridgehead atoms. The van der Waals surface area contributed by atoms with Crippen molar-refractivity contribution in [3.05, 3.63) is 105 Å². The standard InChI is InChI=1S/C32H31F4NO2/c33-14-3-15-37-18-21(19-37)16-20-8-10-22(11-9-20)29-25-13-12-24(32(38)39)17-23(25)4-1-5-26(29)27-6-2-7-28(30(27)34)31(35)36/h2,6-13,17,21,31H,1,3-5,14-16,18-19H2,(H,38,39). The molecule has 39 heavy (non-hydrogen) atoms. The van der Waals surface area contributed by atoms with Crippen molar-refractivity contribution in [2.75, 3.05) is 26.3 Å². The first-order valence-electron chi connectivity index (χ1n) is 13.4. The summed E-state index contributed by atoms with van der Waals surface area (Å²) in [5, 5.41) is 9.52. The Balaban J connectivity index is 1.54. The van der Waals surface area contributed by atoms with Gasteiger partial charge >= 0.3 is 5.97 Å². The number of likely N-dealkylation sites (tertiary alicyclic amines) is 1. The number of carbonyl (C=O) groups is 1. The van der Waals surface area contributed by atoms with Crippen molar-refractivity contribution in [3.8, 4) is 0 Å². The van der Waals surface area contributed by atoms with Gasteiger partial charge in [-0.25, -0.2) is 18.0 Å². The molecule has 5 rings (SSSR count). The molecule has 1 aliphatic carbocycles. The summed E-state index contributed by atoms with van der Waals surface area (Å²) >= 11 is 0. The fourth-order valence-electron chi connectivity index (χ4n) is 5.88. The number of fused-ring (bicyclic) bond motifs is 1. The molecule has 0 unspecified atom stereocenters. The molecule has 0 amide bonds. The normalized spacial score (nSPS) is 16.2. The van der Waals surface area contributed by atoms with Crippen LogP contribution in [0.2, 0.25) is 0 Å². The van der Waals surface area contributed by atoms with E-state index in [0.29, 0.717) is 37.2 Å². The number of aryl methyl sites for hydroxylation is 1.